The topological polar surface area (TPSA) is 3.24 Å². The Kier molecular flexibility index (Phi) is 7.51. The molecule has 0 radical (unpaired) electrons. The molecule has 1 spiro atoms. The largest absolute Gasteiger partial charge is 0.334 e. The smallest absolute Gasteiger partial charge is 0.0560 e. The zero-order chi connectivity index (χ0) is 35.7. The fourth-order valence-corrected chi connectivity index (χ4v) is 11.2. The molecule has 10 rings (SSSR count). The molecular formula is C52H47N. The second-order valence-electron chi connectivity index (χ2n) is 16.5. The van der Waals surface area contributed by atoms with Gasteiger partial charge in [-0.05, 0) is 123 Å². The maximum absolute atomic E-state index is 2.60. The number of benzene rings is 6. The lowest BCUT2D eigenvalue weighted by atomic mass is 9.49. The average Bonchev–Trinajstić information content (AvgIpc) is 3.61. The molecule has 0 N–H and O–H groups in total. The van der Waals surface area contributed by atoms with Crippen molar-refractivity contribution in [2.24, 2.45) is 23.2 Å². The van der Waals surface area contributed by atoms with E-state index in [1.165, 1.54) is 68.7 Å². The number of para-hydroxylation sites is 1. The first-order valence-corrected chi connectivity index (χ1v) is 19.7. The Labute approximate surface area is 315 Å². The highest BCUT2D eigenvalue weighted by molar-refractivity contribution is 5.89. The summed E-state index contributed by atoms with van der Waals surface area (Å²) < 4.78 is 0. The number of hydrogen-bond donors (Lipinski definition) is 0. The van der Waals surface area contributed by atoms with Crippen molar-refractivity contribution in [3.05, 3.63) is 187 Å². The fraction of sp³-hybridized carbons (Fsp3) is 0.231. The normalized spacial score (nSPS) is 26.4. The van der Waals surface area contributed by atoms with Crippen molar-refractivity contribution in [3.8, 4) is 33.4 Å². The summed E-state index contributed by atoms with van der Waals surface area (Å²) in [5, 5.41) is 0. The van der Waals surface area contributed by atoms with Crippen LogP contribution in [0.5, 0.6) is 0 Å². The van der Waals surface area contributed by atoms with Crippen molar-refractivity contribution in [1.82, 2.24) is 0 Å². The third kappa shape index (κ3) is 4.83. The summed E-state index contributed by atoms with van der Waals surface area (Å²) in [6.45, 7) is 7.63. The van der Waals surface area contributed by atoms with Gasteiger partial charge in [-0.1, -0.05) is 160 Å². The van der Waals surface area contributed by atoms with Gasteiger partial charge in [-0.3, -0.25) is 0 Å². The third-order valence-corrected chi connectivity index (χ3v) is 13.9. The summed E-state index contributed by atoms with van der Waals surface area (Å²) in [5.74, 6) is 2.11. The number of hydrogen-bond acceptors (Lipinski definition) is 1. The zero-order valence-electron chi connectivity index (χ0n) is 31.0. The van der Waals surface area contributed by atoms with Crippen LogP contribution in [-0.2, 0) is 5.41 Å². The minimum absolute atomic E-state index is 0.106. The van der Waals surface area contributed by atoms with Crippen LogP contribution in [0.1, 0.15) is 56.7 Å². The minimum atomic E-state index is 0.106. The number of fused-ring (bicyclic) bond motifs is 7. The van der Waals surface area contributed by atoms with Crippen molar-refractivity contribution in [1.29, 1.82) is 0 Å². The molecule has 0 aliphatic heterocycles. The van der Waals surface area contributed by atoms with Crippen LogP contribution in [0.25, 0.3) is 39.0 Å². The number of allylic oxidation sites excluding steroid dienone is 2. The molecule has 2 fully saturated rings. The van der Waals surface area contributed by atoms with Crippen LogP contribution in [0, 0.1) is 23.2 Å². The van der Waals surface area contributed by atoms with E-state index < -0.39 is 0 Å². The molecule has 1 heteroatoms. The summed E-state index contributed by atoms with van der Waals surface area (Å²) >= 11 is 0. The van der Waals surface area contributed by atoms with Gasteiger partial charge in [-0.15, -0.1) is 0 Å². The average molecular weight is 686 g/mol. The van der Waals surface area contributed by atoms with Gasteiger partial charge < -0.3 is 4.90 Å². The molecule has 6 unspecified atom stereocenters. The molecular weight excluding hydrogens is 639 g/mol. The Morgan fingerprint density at radius 2 is 1.23 bits per heavy atom. The van der Waals surface area contributed by atoms with Gasteiger partial charge in [0.15, 0.2) is 0 Å². The van der Waals surface area contributed by atoms with E-state index in [0.717, 1.165) is 12.3 Å². The molecule has 260 valence electrons. The monoisotopic (exact) mass is 685 g/mol. The second kappa shape index (κ2) is 12.3. The first-order valence-electron chi connectivity index (χ1n) is 19.7. The van der Waals surface area contributed by atoms with Crippen molar-refractivity contribution < 1.29 is 0 Å². The first kappa shape index (κ1) is 32.3. The van der Waals surface area contributed by atoms with Gasteiger partial charge in [-0.2, -0.15) is 0 Å². The highest BCUT2D eigenvalue weighted by Gasteiger charge is 2.68. The Hall–Kier alpha value is -5.40. The summed E-state index contributed by atoms with van der Waals surface area (Å²) in [4.78, 5) is 2.55. The molecule has 0 heterocycles. The molecule has 6 atom stereocenters. The minimum Gasteiger partial charge on any atom is -0.334 e. The van der Waals surface area contributed by atoms with E-state index in [1.54, 1.807) is 11.1 Å². The molecule has 2 saturated carbocycles. The number of anilines is 2. The van der Waals surface area contributed by atoms with Gasteiger partial charge in [0.2, 0.25) is 0 Å². The first-order chi connectivity index (χ1) is 26.0. The van der Waals surface area contributed by atoms with E-state index in [9.17, 15) is 0 Å². The van der Waals surface area contributed by atoms with E-state index in [1.807, 2.05) is 0 Å². The zero-order valence-corrected chi connectivity index (χ0v) is 31.0. The van der Waals surface area contributed by atoms with E-state index in [-0.39, 0.29) is 11.5 Å². The van der Waals surface area contributed by atoms with Crippen LogP contribution in [0.4, 0.5) is 11.4 Å². The lowest BCUT2D eigenvalue weighted by Crippen LogP contribution is -2.50. The SMILES string of the molecule is CC1CC2C1(C)CC(C)C21c2ccccc2-c2ccc(C3=CCC(N(c4ccccc4)c4ccc(-c5ccccc5)cc4-c4ccccc4)C=C3)cc21. The summed E-state index contributed by atoms with van der Waals surface area (Å²) in [6, 6.07) is 56.5. The number of nitrogens with zero attached hydrogens (tertiary/aromatic N) is 1. The van der Waals surface area contributed by atoms with Crippen LogP contribution in [0.3, 0.4) is 0 Å². The van der Waals surface area contributed by atoms with Gasteiger partial charge in [-0.25, -0.2) is 0 Å². The van der Waals surface area contributed by atoms with Gasteiger partial charge >= 0.3 is 0 Å². The number of rotatable bonds is 6. The molecule has 0 bridgehead atoms. The van der Waals surface area contributed by atoms with Gasteiger partial charge in [0.05, 0.1) is 6.04 Å². The Balaban J connectivity index is 1.04. The maximum Gasteiger partial charge on any atom is 0.0560 e. The van der Waals surface area contributed by atoms with Crippen LogP contribution in [-0.4, -0.2) is 6.04 Å². The van der Waals surface area contributed by atoms with Crippen LogP contribution < -0.4 is 4.90 Å². The fourth-order valence-electron chi connectivity index (χ4n) is 11.2. The molecule has 0 aromatic heterocycles. The van der Waals surface area contributed by atoms with Crippen LogP contribution >= 0.6 is 0 Å². The van der Waals surface area contributed by atoms with Crippen molar-refractivity contribution >= 4 is 16.9 Å². The summed E-state index contributed by atoms with van der Waals surface area (Å²) in [6.07, 6.45) is 10.9. The molecule has 53 heavy (non-hydrogen) atoms. The van der Waals surface area contributed by atoms with Gasteiger partial charge in [0.25, 0.3) is 0 Å². The molecule has 0 amide bonds. The van der Waals surface area contributed by atoms with E-state index in [0.29, 0.717) is 17.3 Å². The predicted molar refractivity (Wildman–Crippen MR) is 223 cm³/mol. The Morgan fingerprint density at radius 1 is 0.566 bits per heavy atom. The Bertz CT molecular complexity index is 2390. The maximum atomic E-state index is 2.60. The van der Waals surface area contributed by atoms with Crippen molar-refractivity contribution in [2.75, 3.05) is 4.90 Å². The molecule has 0 saturated heterocycles. The molecule has 1 nitrogen and oxygen atoms in total. The van der Waals surface area contributed by atoms with Crippen LogP contribution in [0.2, 0.25) is 0 Å². The molecule has 6 aromatic carbocycles. The lowest BCUT2D eigenvalue weighted by Gasteiger charge is -2.54. The highest BCUT2D eigenvalue weighted by atomic mass is 15.2. The van der Waals surface area contributed by atoms with Crippen molar-refractivity contribution in [2.45, 2.75) is 51.5 Å². The van der Waals surface area contributed by atoms with Crippen molar-refractivity contribution in [3.63, 3.8) is 0 Å². The van der Waals surface area contributed by atoms with E-state index in [4.69, 9.17) is 0 Å². The lowest BCUT2D eigenvalue weighted by molar-refractivity contribution is -0.0183. The van der Waals surface area contributed by atoms with Gasteiger partial charge in [0.1, 0.15) is 0 Å². The van der Waals surface area contributed by atoms with Gasteiger partial charge in [0, 0.05) is 22.4 Å². The third-order valence-electron chi connectivity index (χ3n) is 13.9. The highest BCUT2D eigenvalue weighted by Crippen LogP contribution is 2.75. The van der Waals surface area contributed by atoms with Crippen LogP contribution in [0.15, 0.2) is 170 Å². The standard InChI is InChI=1S/C52H47N/c1-35-31-50-51(35,3)34-36(2)52(50)47-22-14-13-21-44(47)45-29-25-41(33-48(45)52)38-23-27-43(28-24-38)53(42-19-11-6-12-20-42)49-30-26-40(37-15-7-4-8-16-37)32-46(49)39-17-9-5-10-18-39/h4-27,29-30,32-33,35-36,43,50H,28,31,34H2,1-3H3. The summed E-state index contributed by atoms with van der Waals surface area (Å²) in [7, 11) is 0. The molecule has 4 aliphatic carbocycles. The summed E-state index contributed by atoms with van der Waals surface area (Å²) in [5.41, 5.74) is 16.6. The predicted octanol–water partition coefficient (Wildman–Crippen LogP) is 13.5. The molecule has 6 aromatic rings. The van der Waals surface area contributed by atoms with E-state index >= 15 is 0 Å². The quantitative estimate of drug-likeness (QED) is 0.169. The second-order valence-corrected chi connectivity index (χ2v) is 16.5. The Morgan fingerprint density at radius 3 is 1.92 bits per heavy atom. The molecule has 4 aliphatic rings. The van der Waals surface area contributed by atoms with E-state index in [2.05, 4.69) is 196 Å².